The van der Waals surface area contributed by atoms with Crippen LogP contribution in [0.4, 0.5) is 0 Å². The van der Waals surface area contributed by atoms with Crippen molar-refractivity contribution in [2.24, 2.45) is 11.3 Å². The molecule has 0 spiro atoms. The molecule has 0 amide bonds. The molecule has 1 fully saturated rings. The van der Waals surface area contributed by atoms with Gasteiger partial charge in [0.2, 0.25) is 0 Å². The van der Waals surface area contributed by atoms with Gasteiger partial charge in [-0.05, 0) is 42.7 Å². The van der Waals surface area contributed by atoms with E-state index in [2.05, 4.69) is 25.8 Å². The summed E-state index contributed by atoms with van der Waals surface area (Å²) in [6.45, 7) is 6.72. The summed E-state index contributed by atoms with van der Waals surface area (Å²) in [6, 6.07) is 3.50. The van der Waals surface area contributed by atoms with Crippen molar-refractivity contribution in [2.75, 3.05) is 0 Å². The number of carbonyl (C=O) groups is 1. The first-order chi connectivity index (χ1) is 8.46. The number of carbonyl (C=O) groups excluding carboxylic acids is 1. The molecule has 19 heavy (non-hydrogen) atoms. The summed E-state index contributed by atoms with van der Waals surface area (Å²) in [6.07, 6.45) is 6.37. The van der Waals surface area contributed by atoms with Gasteiger partial charge in [-0.25, -0.2) is 4.79 Å². The van der Waals surface area contributed by atoms with Gasteiger partial charge in [0.05, 0.1) is 5.56 Å². The molecule has 4 heteroatoms. The summed E-state index contributed by atoms with van der Waals surface area (Å²) in [5, 5.41) is 0. The summed E-state index contributed by atoms with van der Waals surface area (Å²) in [7, 11) is 0. The van der Waals surface area contributed by atoms with Crippen molar-refractivity contribution in [3.8, 4) is 0 Å². The Labute approximate surface area is 125 Å². The van der Waals surface area contributed by atoms with Gasteiger partial charge in [0, 0.05) is 29.8 Å². The minimum atomic E-state index is -0.252. The molecule has 3 nitrogen and oxygen atoms in total. The number of ether oxygens (including phenoxy) is 1. The van der Waals surface area contributed by atoms with Crippen LogP contribution in [-0.4, -0.2) is 17.1 Å². The summed E-state index contributed by atoms with van der Waals surface area (Å²) in [4.78, 5) is 15.9. The Balaban J connectivity index is 0.00000180. The second-order valence-corrected chi connectivity index (χ2v) is 6.18. The fourth-order valence-electron chi connectivity index (χ4n) is 3.05. The Morgan fingerprint density at radius 2 is 2.16 bits per heavy atom. The van der Waals surface area contributed by atoms with E-state index in [1.54, 1.807) is 24.5 Å². The zero-order valence-electron chi connectivity index (χ0n) is 11.8. The molecular formula is C15H21CrNO2. The molecule has 2 atom stereocenters. The number of pyridine rings is 1. The Bertz CT molecular complexity index is 419. The minimum Gasteiger partial charge on any atom is -0.459 e. The Morgan fingerprint density at radius 1 is 1.42 bits per heavy atom. The van der Waals surface area contributed by atoms with Gasteiger partial charge in [-0.2, -0.15) is 0 Å². The third-order valence-corrected chi connectivity index (χ3v) is 3.52. The van der Waals surface area contributed by atoms with E-state index in [9.17, 15) is 4.79 Å². The van der Waals surface area contributed by atoms with Crippen LogP contribution in [0.3, 0.4) is 0 Å². The summed E-state index contributed by atoms with van der Waals surface area (Å²) in [5.74, 6) is 0.360. The van der Waals surface area contributed by atoms with Gasteiger partial charge in [0.25, 0.3) is 0 Å². The molecule has 1 heterocycles. The van der Waals surface area contributed by atoms with Crippen molar-refractivity contribution < 1.29 is 26.9 Å². The number of esters is 1. The van der Waals surface area contributed by atoms with Crippen LogP contribution in [0.25, 0.3) is 0 Å². The van der Waals surface area contributed by atoms with Gasteiger partial charge in [0.1, 0.15) is 6.10 Å². The van der Waals surface area contributed by atoms with Gasteiger partial charge in [-0.15, -0.1) is 0 Å². The Kier molecular flexibility index (Phi) is 5.58. The van der Waals surface area contributed by atoms with E-state index in [1.807, 2.05) is 0 Å². The van der Waals surface area contributed by atoms with Gasteiger partial charge >= 0.3 is 5.97 Å². The van der Waals surface area contributed by atoms with E-state index >= 15 is 0 Å². The van der Waals surface area contributed by atoms with E-state index < -0.39 is 0 Å². The first-order valence-corrected chi connectivity index (χ1v) is 6.57. The van der Waals surface area contributed by atoms with E-state index in [-0.39, 0.29) is 34.8 Å². The Hall–Kier alpha value is -0.848. The quantitative estimate of drug-likeness (QED) is 0.785. The molecule has 0 unspecified atom stereocenters. The average Bonchev–Trinajstić information content (AvgIpc) is 2.27. The zero-order chi connectivity index (χ0) is 13.2. The molecule has 1 aliphatic carbocycles. The number of hydrogen-bond acceptors (Lipinski definition) is 3. The molecule has 0 radical (unpaired) electrons. The van der Waals surface area contributed by atoms with Gasteiger partial charge in [-0.3, -0.25) is 4.98 Å². The first kappa shape index (κ1) is 16.2. The van der Waals surface area contributed by atoms with Crippen LogP contribution < -0.4 is 0 Å². The summed E-state index contributed by atoms with van der Waals surface area (Å²) < 4.78 is 5.60. The number of nitrogens with zero attached hydrogens (tertiary/aromatic N) is 1. The van der Waals surface area contributed by atoms with Crippen LogP contribution in [-0.2, 0) is 22.1 Å². The third kappa shape index (κ3) is 4.63. The monoisotopic (exact) mass is 299 g/mol. The van der Waals surface area contributed by atoms with Crippen molar-refractivity contribution in [1.29, 1.82) is 0 Å². The van der Waals surface area contributed by atoms with Crippen LogP contribution in [0.5, 0.6) is 0 Å². The van der Waals surface area contributed by atoms with Gasteiger partial charge in [0.15, 0.2) is 0 Å². The van der Waals surface area contributed by atoms with Crippen LogP contribution >= 0.6 is 0 Å². The molecular weight excluding hydrogens is 278 g/mol. The third-order valence-electron chi connectivity index (χ3n) is 3.52. The normalized spacial score (nSPS) is 25.2. The van der Waals surface area contributed by atoms with Crippen molar-refractivity contribution in [2.45, 2.75) is 46.1 Å². The molecule has 0 N–H and O–H groups in total. The molecule has 1 aliphatic rings. The van der Waals surface area contributed by atoms with Gasteiger partial charge < -0.3 is 4.74 Å². The van der Waals surface area contributed by atoms with E-state index in [1.165, 1.54) is 6.42 Å². The predicted molar refractivity (Wildman–Crippen MR) is 70.2 cm³/mol. The Morgan fingerprint density at radius 3 is 2.74 bits per heavy atom. The van der Waals surface area contributed by atoms with Gasteiger partial charge in [-0.1, -0.05) is 20.8 Å². The maximum Gasteiger partial charge on any atom is 0.339 e. The maximum absolute atomic E-state index is 12.0. The van der Waals surface area contributed by atoms with Crippen molar-refractivity contribution in [1.82, 2.24) is 4.98 Å². The van der Waals surface area contributed by atoms with Crippen LogP contribution in [0.1, 0.15) is 50.4 Å². The number of hydrogen-bond donors (Lipinski definition) is 0. The largest absolute Gasteiger partial charge is 0.459 e. The van der Waals surface area contributed by atoms with Crippen molar-refractivity contribution >= 4 is 5.97 Å². The molecule has 1 aromatic heterocycles. The fraction of sp³-hybridized carbons (Fsp3) is 0.600. The van der Waals surface area contributed by atoms with Crippen LogP contribution in [0, 0.1) is 11.3 Å². The molecule has 0 aliphatic heterocycles. The second kappa shape index (κ2) is 6.54. The molecule has 2 rings (SSSR count). The SMILES string of the molecule is C[C@@H]1C[C@@H](OC(=O)c2cccnc2)CC(C)(C)C1.[Cr]. The maximum atomic E-state index is 12.0. The van der Waals surface area contributed by atoms with Crippen molar-refractivity contribution in [3.63, 3.8) is 0 Å². The smallest absolute Gasteiger partial charge is 0.339 e. The second-order valence-electron chi connectivity index (χ2n) is 6.18. The van der Waals surface area contributed by atoms with E-state index in [4.69, 9.17) is 4.74 Å². The fourth-order valence-corrected chi connectivity index (χ4v) is 3.05. The number of rotatable bonds is 2. The first-order valence-electron chi connectivity index (χ1n) is 6.57. The zero-order valence-corrected chi connectivity index (χ0v) is 13.0. The molecule has 0 aromatic carbocycles. The topological polar surface area (TPSA) is 39.2 Å². The molecule has 0 bridgehead atoms. The minimum absolute atomic E-state index is 0. The molecule has 1 saturated carbocycles. The summed E-state index contributed by atoms with van der Waals surface area (Å²) in [5.41, 5.74) is 0.797. The van der Waals surface area contributed by atoms with Crippen LogP contribution in [0.2, 0.25) is 0 Å². The standard InChI is InChI=1S/C15H21NO2.Cr/c1-11-7-13(9-15(2,3)8-11)18-14(17)12-5-4-6-16-10-12;/h4-6,10-11,13H,7-9H2,1-3H3;/t11-,13-;/m1./s1. The van der Waals surface area contributed by atoms with E-state index in [0.717, 1.165) is 12.8 Å². The van der Waals surface area contributed by atoms with Crippen LogP contribution in [0.15, 0.2) is 24.5 Å². The van der Waals surface area contributed by atoms with E-state index in [0.29, 0.717) is 11.5 Å². The molecule has 1 aromatic rings. The molecule has 0 saturated heterocycles. The summed E-state index contributed by atoms with van der Waals surface area (Å²) >= 11 is 0. The number of aromatic nitrogens is 1. The van der Waals surface area contributed by atoms with Crippen molar-refractivity contribution in [3.05, 3.63) is 30.1 Å². The molecule has 104 valence electrons. The predicted octanol–water partition coefficient (Wildman–Crippen LogP) is 3.45. The average molecular weight is 299 g/mol.